The van der Waals surface area contributed by atoms with Crippen molar-refractivity contribution in [2.75, 3.05) is 11.9 Å². The molecule has 12 heavy (non-hydrogen) atoms. The number of thiazole rings is 1. The number of aryl methyl sites for hydroxylation is 1. The van der Waals surface area contributed by atoms with Gasteiger partial charge in [0.1, 0.15) is 0 Å². The molecule has 1 heterocycles. The third kappa shape index (κ3) is 2.79. The molecule has 0 fully saturated rings. The quantitative estimate of drug-likeness (QED) is 0.749. The Kier molecular flexibility index (Phi) is 3.49. The first-order chi connectivity index (χ1) is 5.72. The normalized spacial score (nSPS) is 12.9. The molecule has 0 aliphatic heterocycles. The highest BCUT2D eigenvalue weighted by molar-refractivity contribution is 7.13. The molecule has 0 saturated carbocycles. The number of rotatable bonds is 4. The summed E-state index contributed by atoms with van der Waals surface area (Å²) in [7, 11) is 0. The van der Waals surface area contributed by atoms with Crippen LogP contribution in [0.25, 0.3) is 0 Å². The maximum Gasteiger partial charge on any atom is 0.182 e. The molecule has 0 bridgehead atoms. The van der Waals surface area contributed by atoms with Crippen molar-refractivity contribution >= 4 is 16.5 Å². The van der Waals surface area contributed by atoms with Gasteiger partial charge in [0.05, 0.1) is 11.8 Å². The average molecular weight is 186 g/mol. The molecule has 4 heteroatoms. The molecule has 0 amide bonds. The molecule has 68 valence electrons. The van der Waals surface area contributed by atoms with Crippen LogP contribution in [0.5, 0.6) is 0 Å². The van der Waals surface area contributed by atoms with E-state index in [1.165, 1.54) is 0 Å². The molecule has 0 aliphatic carbocycles. The van der Waals surface area contributed by atoms with Gasteiger partial charge in [-0.3, -0.25) is 0 Å². The fraction of sp³-hybridized carbons (Fsp3) is 0.625. The van der Waals surface area contributed by atoms with Gasteiger partial charge < -0.3 is 10.4 Å². The van der Waals surface area contributed by atoms with Crippen LogP contribution in [-0.2, 0) is 6.42 Å². The minimum absolute atomic E-state index is 0.320. The maximum absolute atomic E-state index is 8.99. The minimum atomic E-state index is -0.320. The Morgan fingerprint density at radius 2 is 2.50 bits per heavy atom. The van der Waals surface area contributed by atoms with Crippen molar-refractivity contribution in [1.82, 2.24) is 4.98 Å². The van der Waals surface area contributed by atoms with Crippen LogP contribution in [0.15, 0.2) is 5.38 Å². The van der Waals surface area contributed by atoms with Gasteiger partial charge in [0.25, 0.3) is 0 Å². The lowest BCUT2D eigenvalue weighted by atomic mass is 10.4. The van der Waals surface area contributed by atoms with Crippen LogP contribution in [0.2, 0.25) is 0 Å². The van der Waals surface area contributed by atoms with Crippen molar-refractivity contribution in [3.63, 3.8) is 0 Å². The summed E-state index contributed by atoms with van der Waals surface area (Å²) in [5.74, 6) is 0. The first-order valence-corrected chi connectivity index (χ1v) is 4.96. The van der Waals surface area contributed by atoms with Crippen molar-refractivity contribution in [2.24, 2.45) is 0 Å². The zero-order valence-electron chi connectivity index (χ0n) is 7.37. The zero-order valence-corrected chi connectivity index (χ0v) is 8.19. The van der Waals surface area contributed by atoms with Gasteiger partial charge in [0, 0.05) is 11.9 Å². The Balaban J connectivity index is 2.41. The van der Waals surface area contributed by atoms with E-state index in [1.54, 1.807) is 18.3 Å². The SMILES string of the molecule is CCc1csc(NCC(C)O)n1. The maximum atomic E-state index is 8.99. The number of aliphatic hydroxyl groups excluding tert-OH is 1. The molecule has 1 atom stereocenters. The van der Waals surface area contributed by atoms with E-state index in [9.17, 15) is 0 Å². The number of hydrogen-bond donors (Lipinski definition) is 2. The molecule has 1 aromatic heterocycles. The highest BCUT2D eigenvalue weighted by atomic mass is 32.1. The lowest BCUT2D eigenvalue weighted by Crippen LogP contribution is -2.15. The molecule has 0 radical (unpaired) electrons. The Morgan fingerprint density at radius 1 is 1.75 bits per heavy atom. The van der Waals surface area contributed by atoms with Crippen molar-refractivity contribution in [2.45, 2.75) is 26.4 Å². The topological polar surface area (TPSA) is 45.1 Å². The summed E-state index contributed by atoms with van der Waals surface area (Å²) >= 11 is 1.58. The van der Waals surface area contributed by atoms with Crippen molar-refractivity contribution in [3.05, 3.63) is 11.1 Å². The van der Waals surface area contributed by atoms with Gasteiger partial charge in [-0.2, -0.15) is 0 Å². The molecule has 1 unspecified atom stereocenters. The summed E-state index contributed by atoms with van der Waals surface area (Å²) < 4.78 is 0. The van der Waals surface area contributed by atoms with Gasteiger partial charge >= 0.3 is 0 Å². The summed E-state index contributed by atoms with van der Waals surface area (Å²) in [6, 6.07) is 0. The molecular weight excluding hydrogens is 172 g/mol. The Bertz CT molecular complexity index is 235. The summed E-state index contributed by atoms with van der Waals surface area (Å²) in [6.07, 6.45) is 0.645. The van der Waals surface area contributed by atoms with Crippen LogP contribution in [0.4, 0.5) is 5.13 Å². The Labute approximate surface area is 76.5 Å². The molecular formula is C8H14N2OS. The molecule has 0 aliphatic rings. The molecule has 3 nitrogen and oxygen atoms in total. The molecule has 0 aromatic carbocycles. The second-order valence-corrected chi connectivity index (χ2v) is 3.59. The second kappa shape index (κ2) is 4.42. The number of aliphatic hydroxyl groups is 1. The predicted octanol–water partition coefficient (Wildman–Crippen LogP) is 1.50. The molecule has 2 N–H and O–H groups in total. The van der Waals surface area contributed by atoms with E-state index in [2.05, 4.69) is 17.2 Å². The van der Waals surface area contributed by atoms with Crippen LogP contribution in [0, 0.1) is 0 Å². The van der Waals surface area contributed by atoms with E-state index in [0.29, 0.717) is 6.54 Å². The first-order valence-electron chi connectivity index (χ1n) is 4.08. The highest BCUT2D eigenvalue weighted by Gasteiger charge is 2.00. The van der Waals surface area contributed by atoms with Crippen LogP contribution >= 0.6 is 11.3 Å². The summed E-state index contributed by atoms with van der Waals surface area (Å²) in [4.78, 5) is 4.30. The highest BCUT2D eigenvalue weighted by Crippen LogP contribution is 2.15. The fourth-order valence-corrected chi connectivity index (χ4v) is 1.59. The second-order valence-electron chi connectivity index (χ2n) is 2.73. The van der Waals surface area contributed by atoms with Gasteiger partial charge in [0.2, 0.25) is 0 Å². The van der Waals surface area contributed by atoms with E-state index in [0.717, 1.165) is 17.2 Å². The summed E-state index contributed by atoms with van der Waals surface area (Å²) in [6.45, 7) is 4.39. The lowest BCUT2D eigenvalue weighted by Gasteiger charge is -2.03. The first kappa shape index (κ1) is 9.48. The van der Waals surface area contributed by atoms with E-state index in [4.69, 9.17) is 5.11 Å². The van der Waals surface area contributed by atoms with Crippen LogP contribution in [0.3, 0.4) is 0 Å². The van der Waals surface area contributed by atoms with Gasteiger partial charge in [0.15, 0.2) is 5.13 Å². The van der Waals surface area contributed by atoms with Gasteiger partial charge in [-0.05, 0) is 13.3 Å². The average Bonchev–Trinajstić information content (AvgIpc) is 2.48. The Morgan fingerprint density at radius 3 is 3.00 bits per heavy atom. The van der Waals surface area contributed by atoms with Crippen molar-refractivity contribution in [3.8, 4) is 0 Å². The lowest BCUT2D eigenvalue weighted by molar-refractivity contribution is 0.208. The minimum Gasteiger partial charge on any atom is -0.392 e. The standard InChI is InChI=1S/C8H14N2OS/c1-3-7-5-12-8(10-7)9-4-6(2)11/h5-6,11H,3-4H2,1-2H3,(H,9,10). The zero-order chi connectivity index (χ0) is 8.97. The van der Waals surface area contributed by atoms with Gasteiger partial charge in [-0.1, -0.05) is 6.92 Å². The van der Waals surface area contributed by atoms with Crippen LogP contribution in [-0.4, -0.2) is 22.7 Å². The molecule has 1 aromatic rings. The van der Waals surface area contributed by atoms with E-state index in [1.807, 2.05) is 5.38 Å². The number of nitrogens with zero attached hydrogens (tertiary/aromatic N) is 1. The van der Waals surface area contributed by atoms with Crippen molar-refractivity contribution in [1.29, 1.82) is 0 Å². The number of anilines is 1. The smallest absolute Gasteiger partial charge is 0.182 e. The number of hydrogen-bond acceptors (Lipinski definition) is 4. The fourth-order valence-electron chi connectivity index (χ4n) is 0.786. The monoisotopic (exact) mass is 186 g/mol. The van der Waals surface area contributed by atoms with Gasteiger partial charge in [-0.25, -0.2) is 4.98 Å². The summed E-state index contributed by atoms with van der Waals surface area (Å²) in [5.41, 5.74) is 1.10. The molecule has 0 spiro atoms. The third-order valence-electron chi connectivity index (χ3n) is 1.46. The number of nitrogens with one attached hydrogen (secondary N) is 1. The Hall–Kier alpha value is -0.610. The number of aromatic nitrogens is 1. The van der Waals surface area contributed by atoms with Gasteiger partial charge in [-0.15, -0.1) is 11.3 Å². The van der Waals surface area contributed by atoms with Crippen LogP contribution in [0.1, 0.15) is 19.5 Å². The largest absolute Gasteiger partial charge is 0.392 e. The van der Waals surface area contributed by atoms with Crippen LogP contribution < -0.4 is 5.32 Å². The van der Waals surface area contributed by atoms with Crippen molar-refractivity contribution < 1.29 is 5.11 Å². The molecule has 0 saturated heterocycles. The van der Waals surface area contributed by atoms with E-state index in [-0.39, 0.29) is 6.10 Å². The predicted molar refractivity (Wildman–Crippen MR) is 51.7 cm³/mol. The summed E-state index contributed by atoms with van der Waals surface area (Å²) in [5, 5.41) is 15.0. The van der Waals surface area contributed by atoms with E-state index < -0.39 is 0 Å². The third-order valence-corrected chi connectivity index (χ3v) is 2.31. The molecule has 1 rings (SSSR count). The van der Waals surface area contributed by atoms with E-state index >= 15 is 0 Å².